The van der Waals surface area contributed by atoms with E-state index in [-0.39, 0.29) is 18.6 Å². The molecule has 1 saturated heterocycles. The first-order chi connectivity index (χ1) is 11.7. The van der Waals surface area contributed by atoms with Crippen molar-refractivity contribution in [2.75, 3.05) is 7.11 Å². The molecule has 2 atom stereocenters. The van der Waals surface area contributed by atoms with Crippen molar-refractivity contribution in [2.24, 2.45) is 0 Å². The number of hydrogen-bond acceptors (Lipinski definition) is 4. The summed E-state index contributed by atoms with van der Waals surface area (Å²) >= 11 is 0. The zero-order chi connectivity index (χ0) is 17.4. The number of unbranched alkanes of at least 4 members (excludes halogenated alkanes) is 1. The lowest BCUT2D eigenvalue weighted by molar-refractivity contribution is -0.145. The van der Waals surface area contributed by atoms with E-state index < -0.39 is 12.1 Å². The number of nitrogens with zero attached hydrogens (tertiary/aromatic N) is 1. The molecule has 1 fully saturated rings. The molecule has 1 aromatic carbocycles. The van der Waals surface area contributed by atoms with Gasteiger partial charge in [-0.05, 0) is 37.7 Å². The van der Waals surface area contributed by atoms with Crippen LogP contribution in [0.1, 0.15) is 37.7 Å². The minimum atomic E-state index is -0.549. The van der Waals surface area contributed by atoms with Crippen LogP contribution in [0.15, 0.2) is 43.0 Å². The number of rotatable bonds is 7. The van der Waals surface area contributed by atoms with E-state index in [1.165, 1.54) is 7.11 Å². The lowest BCUT2D eigenvalue weighted by Crippen LogP contribution is -2.45. The molecule has 24 heavy (non-hydrogen) atoms. The van der Waals surface area contributed by atoms with Crippen LogP contribution in [0.2, 0.25) is 0 Å². The monoisotopic (exact) mass is 331 g/mol. The number of hydrogen-bond donors (Lipinski definition) is 0. The van der Waals surface area contributed by atoms with Crippen molar-refractivity contribution in [2.45, 2.75) is 50.8 Å². The first-order valence-electron chi connectivity index (χ1n) is 8.35. The Morgan fingerprint density at radius 3 is 2.71 bits per heavy atom. The fraction of sp³-hybridized carbons (Fsp3) is 0.474. The second kappa shape index (κ2) is 9.11. The van der Waals surface area contributed by atoms with Crippen LogP contribution in [0.3, 0.4) is 0 Å². The van der Waals surface area contributed by atoms with Gasteiger partial charge in [0.05, 0.1) is 7.11 Å². The van der Waals surface area contributed by atoms with Gasteiger partial charge in [0.2, 0.25) is 0 Å². The minimum absolute atomic E-state index is 0.0114. The molecule has 130 valence electrons. The maximum atomic E-state index is 12.6. The molecule has 1 aromatic rings. The Hall–Kier alpha value is -2.30. The number of amides is 1. The van der Waals surface area contributed by atoms with Gasteiger partial charge in [-0.1, -0.05) is 36.4 Å². The number of benzene rings is 1. The fourth-order valence-corrected chi connectivity index (χ4v) is 3.10. The van der Waals surface area contributed by atoms with E-state index in [1.807, 2.05) is 36.4 Å². The standard InChI is InChI=1S/C19H25NO4/c1-3-4-6-11-16-12-13-17(18(21)23-2)20(16)19(22)24-14-15-9-7-5-8-10-15/h3,5,7-10,16-17H,1,4,6,11-14H2,2H3/t16-,17+/m1/s1. The van der Waals surface area contributed by atoms with Crippen LogP contribution in [-0.4, -0.2) is 36.2 Å². The third-order valence-electron chi connectivity index (χ3n) is 4.34. The van der Waals surface area contributed by atoms with Gasteiger partial charge in [0.25, 0.3) is 0 Å². The molecular weight excluding hydrogens is 306 g/mol. The van der Waals surface area contributed by atoms with E-state index in [4.69, 9.17) is 9.47 Å². The van der Waals surface area contributed by atoms with E-state index in [0.717, 1.165) is 31.2 Å². The van der Waals surface area contributed by atoms with Crippen LogP contribution in [-0.2, 0) is 20.9 Å². The Morgan fingerprint density at radius 2 is 2.04 bits per heavy atom. The largest absolute Gasteiger partial charge is 0.467 e. The van der Waals surface area contributed by atoms with Gasteiger partial charge < -0.3 is 9.47 Å². The van der Waals surface area contributed by atoms with Gasteiger partial charge in [0.1, 0.15) is 12.6 Å². The SMILES string of the molecule is C=CCCC[C@@H]1CC[C@@H](C(=O)OC)N1C(=O)OCc1ccccc1. The van der Waals surface area contributed by atoms with Gasteiger partial charge in [0, 0.05) is 6.04 Å². The molecule has 5 heteroatoms. The molecule has 0 saturated carbocycles. The van der Waals surface area contributed by atoms with E-state index in [2.05, 4.69) is 6.58 Å². The first-order valence-corrected chi connectivity index (χ1v) is 8.35. The molecular formula is C19H25NO4. The Morgan fingerprint density at radius 1 is 1.29 bits per heavy atom. The molecule has 0 bridgehead atoms. The van der Waals surface area contributed by atoms with Gasteiger partial charge in [-0.25, -0.2) is 9.59 Å². The summed E-state index contributed by atoms with van der Waals surface area (Å²) in [5.74, 6) is -0.377. The number of allylic oxidation sites excluding steroid dienone is 1. The molecule has 5 nitrogen and oxygen atoms in total. The van der Waals surface area contributed by atoms with Crippen molar-refractivity contribution >= 4 is 12.1 Å². The quantitative estimate of drug-likeness (QED) is 0.434. The summed E-state index contributed by atoms with van der Waals surface area (Å²) in [4.78, 5) is 26.1. The van der Waals surface area contributed by atoms with Crippen LogP contribution >= 0.6 is 0 Å². The number of esters is 1. The van der Waals surface area contributed by atoms with Gasteiger partial charge in [-0.3, -0.25) is 4.90 Å². The summed E-state index contributed by atoms with van der Waals surface area (Å²) in [7, 11) is 1.35. The zero-order valence-corrected chi connectivity index (χ0v) is 14.1. The van der Waals surface area contributed by atoms with Crippen molar-refractivity contribution in [3.63, 3.8) is 0 Å². The Balaban J connectivity index is 2.01. The van der Waals surface area contributed by atoms with Gasteiger partial charge >= 0.3 is 12.1 Å². The van der Waals surface area contributed by atoms with Crippen LogP contribution in [0.25, 0.3) is 0 Å². The number of carbonyl (C=O) groups is 2. The maximum Gasteiger partial charge on any atom is 0.411 e. The van der Waals surface area contributed by atoms with Crippen molar-refractivity contribution in [1.29, 1.82) is 0 Å². The number of likely N-dealkylation sites (tertiary alicyclic amines) is 1. The lowest BCUT2D eigenvalue weighted by Gasteiger charge is -2.28. The average molecular weight is 331 g/mol. The molecule has 1 aliphatic rings. The Kier molecular flexibility index (Phi) is 6.85. The Bertz CT molecular complexity index is 558. The summed E-state index contributed by atoms with van der Waals surface area (Å²) in [5.41, 5.74) is 0.919. The second-order valence-electron chi connectivity index (χ2n) is 5.94. The molecule has 2 rings (SSSR count). The fourth-order valence-electron chi connectivity index (χ4n) is 3.10. The van der Waals surface area contributed by atoms with Crippen LogP contribution in [0.5, 0.6) is 0 Å². The highest BCUT2D eigenvalue weighted by Gasteiger charge is 2.42. The topological polar surface area (TPSA) is 55.8 Å². The third kappa shape index (κ3) is 4.60. The molecule has 0 radical (unpaired) electrons. The third-order valence-corrected chi connectivity index (χ3v) is 4.34. The molecule has 1 amide bonds. The molecule has 0 N–H and O–H groups in total. The second-order valence-corrected chi connectivity index (χ2v) is 5.94. The summed E-state index contributed by atoms with van der Waals surface area (Å²) in [6.07, 6.45) is 5.49. The molecule has 0 spiro atoms. The summed E-state index contributed by atoms with van der Waals surface area (Å²) < 4.78 is 10.3. The van der Waals surface area contributed by atoms with Gasteiger partial charge in [-0.2, -0.15) is 0 Å². The van der Waals surface area contributed by atoms with Crippen molar-refractivity contribution in [3.05, 3.63) is 48.6 Å². The van der Waals surface area contributed by atoms with Crippen molar-refractivity contribution in [1.82, 2.24) is 4.90 Å². The van der Waals surface area contributed by atoms with Crippen LogP contribution in [0, 0.1) is 0 Å². The Labute approximate surface area is 143 Å². The zero-order valence-electron chi connectivity index (χ0n) is 14.1. The smallest absolute Gasteiger partial charge is 0.411 e. The molecule has 0 aliphatic carbocycles. The minimum Gasteiger partial charge on any atom is -0.467 e. The molecule has 0 unspecified atom stereocenters. The summed E-state index contributed by atoms with van der Waals surface area (Å²) in [6, 6.07) is 8.97. The van der Waals surface area contributed by atoms with Gasteiger partial charge in [-0.15, -0.1) is 6.58 Å². The van der Waals surface area contributed by atoms with E-state index >= 15 is 0 Å². The predicted molar refractivity (Wildman–Crippen MR) is 91.3 cm³/mol. The van der Waals surface area contributed by atoms with Crippen LogP contribution in [0.4, 0.5) is 4.79 Å². The highest BCUT2D eigenvalue weighted by atomic mass is 16.6. The summed E-state index contributed by atoms with van der Waals surface area (Å²) in [5, 5.41) is 0. The van der Waals surface area contributed by atoms with Crippen molar-refractivity contribution in [3.8, 4) is 0 Å². The highest BCUT2D eigenvalue weighted by Crippen LogP contribution is 2.29. The van der Waals surface area contributed by atoms with E-state index in [1.54, 1.807) is 4.90 Å². The molecule has 0 aromatic heterocycles. The molecule has 1 aliphatic heterocycles. The van der Waals surface area contributed by atoms with Gasteiger partial charge in [0.15, 0.2) is 0 Å². The number of methoxy groups -OCH3 is 1. The molecule has 1 heterocycles. The lowest BCUT2D eigenvalue weighted by atomic mass is 10.1. The average Bonchev–Trinajstić information content (AvgIpc) is 3.04. The normalized spacial score (nSPS) is 19.8. The number of carbonyl (C=O) groups excluding carboxylic acids is 2. The van der Waals surface area contributed by atoms with E-state index in [9.17, 15) is 9.59 Å². The van der Waals surface area contributed by atoms with Crippen molar-refractivity contribution < 1.29 is 19.1 Å². The summed E-state index contributed by atoms with van der Waals surface area (Å²) in [6.45, 7) is 3.92. The maximum absolute atomic E-state index is 12.6. The number of ether oxygens (including phenoxy) is 2. The van der Waals surface area contributed by atoms with Crippen LogP contribution < -0.4 is 0 Å². The van der Waals surface area contributed by atoms with E-state index in [0.29, 0.717) is 6.42 Å². The first kappa shape index (κ1) is 18.0. The predicted octanol–water partition coefficient (Wildman–Crippen LogP) is 3.69. The highest BCUT2D eigenvalue weighted by molar-refractivity contribution is 5.82.